The number of ether oxygens (including phenoxy) is 1. The van der Waals surface area contributed by atoms with Crippen molar-refractivity contribution < 1.29 is 22.5 Å². The van der Waals surface area contributed by atoms with E-state index in [1.165, 1.54) is 25.6 Å². The molecule has 2 aromatic rings. The van der Waals surface area contributed by atoms with E-state index in [0.29, 0.717) is 5.59 Å². The minimum Gasteiger partial charge on any atom is -0.493 e. The molecule has 1 saturated heterocycles. The number of anilines is 1. The van der Waals surface area contributed by atoms with Gasteiger partial charge in [-0.1, -0.05) is 0 Å². The van der Waals surface area contributed by atoms with Crippen LogP contribution in [-0.4, -0.2) is 43.8 Å². The normalized spacial score (nSPS) is 18.3. The highest BCUT2D eigenvalue weighted by atomic mass is 32.2. The highest BCUT2D eigenvalue weighted by Gasteiger charge is 2.52. The van der Waals surface area contributed by atoms with Crippen LogP contribution >= 0.6 is 0 Å². The van der Waals surface area contributed by atoms with E-state index in [-0.39, 0.29) is 16.5 Å². The lowest BCUT2D eigenvalue weighted by atomic mass is 9.84. The smallest absolute Gasteiger partial charge is 0.493 e. The Kier molecular flexibility index (Phi) is 4.92. The molecule has 1 aliphatic rings. The second-order valence-corrected chi connectivity index (χ2v) is 8.85. The van der Waals surface area contributed by atoms with Crippen molar-refractivity contribution in [1.29, 1.82) is 0 Å². The van der Waals surface area contributed by atoms with Crippen LogP contribution in [0.15, 0.2) is 41.6 Å². The molecule has 3 heterocycles. The molecule has 0 saturated carbocycles. The lowest BCUT2D eigenvalue weighted by Gasteiger charge is -2.32. The summed E-state index contributed by atoms with van der Waals surface area (Å²) in [5, 5.41) is 0. The van der Waals surface area contributed by atoms with Crippen LogP contribution < -0.4 is 15.1 Å². The summed E-state index contributed by atoms with van der Waals surface area (Å²) >= 11 is 0. The molecule has 1 fully saturated rings. The van der Waals surface area contributed by atoms with Crippen molar-refractivity contribution in [1.82, 2.24) is 9.97 Å². The van der Waals surface area contributed by atoms with Crippen LogP contribution in [0.3, 0.4) is 0 Å². The molecule has 0 amide bonds. The van der Waals surface area contributed by atoms with Crippen molar-refractivity contribution in [3.05, 3.63) is 36.7 Å². The molecule has 0 unspecified atom stereocenters. The number of pyridine rings is 2. The molecule has 27 heavy (non-hydrogen) atoms. The van der Waals surface area contributed by atoms with Gasteiger partial charge in [0.2, 0.25) is 0 Å². The Morgan fingerprint density at radius 3 is 2.33 bits per heavy atom. The third kappa shape index (κ3) is 3.78. The Labute approximate surface area is 159 Å². The maximum absolute atomic E-state index is 12.6. The molecule has 1 aliphatic heterocycles. The van der Waals surface area contributed by atoms with E-state index in [4.69, 9.17) is 14.0 Å². The standard InChI is InChI=1S/C17H22BN3O5S/c1-16(2)17(3,4)26-18(25-16)14-9-8-13(24-5)15(20-14)21-27(22,23)12-7-6-10-19-11-12/h6-11H,1-5H3,(H,20,21). The number of rotatable bonds is 5. The number of hydrogen-bond acceptors (Lipinski definition) is 7. The summed E-state index contributed by atoms with van der Waals surface area (Å²) in [7, 11) is -3.15. The number of sulfonamides is 1. The predicted molar refractivity (Wildman–Crippen MR) is 102 cm³/mol. The van der Waals surface area contributed by atoms with Crippen molar-refractivity contribution in [2.75, 3.05) is 11.8 Å². The first-order chi connectivity index (χ1) is 12.6. The van der Waals surface area contributed by atoms with Crippen LogP contribution in [0.5, 0.6) is 5.75 Å². The second kappa shape index (κ2) is 6.77. The molecule has 0 radical (unpaired) electrons. The van der Waals surface area contributed by atoms with Gasteiger partial charge < -0.3 is 14.0 Å². The topological polar surface area (TPSA) is 99.6 Å². The lowest BCUT2D eigenvalue weighted by molar-refractivity contribution is 0.00578. The van der Waals surface area contributed by atoms with Gasteiger partial charge in [-0.05, 0) is 52.0 Å². The number of nitrogens with one attached hydrogen (secondary N) is 1. The monoisotopic (exact) mass is 391 g/mol. The first kappa shape index (κ1) is 19.6. The fourth-order valence-electron chi connectivity index (χ4n) is 2.49. The second-order valence-electron chi connectivity index (χ2n) is 7.17. The minimum absolute atomic E-state index is 0.0230. The number of aromatic nitrogens is 2. The van der Waals surface area contributed by atoms with Gasteiger partial charge in [-0.3, -0.25) is 9.71 Å². The Bertz CT molecular complexity index is 919. The lowest BCUT2D eigenvalue weighted by Crippen LogP contribution is -2.41. The molecular weight excluding hydrogens is 369 g/mol. The molecular formula is C17H22BN3O5S. The summed E-state index contributed by atoms with van der Waals surface area (Å²) in [5.41, 5.74) is -0.623. The summed E-state index contributed by atoms with van der Waals surface area (Å²) in [4.78, 5) is 8.24. The van der Waals surface area contributed by atoms with E-state index in [0.717, 1.165) is 0 Å². The van der Waals surface area contributed by atoms with Crippen LogP contribution in [0.25, 0.3) is 0 Å². The van der Waals surface area contributed by atoms with Crippen molar-refractivity contribution in [3.63, 3.8) is 0 Å². The van der Waals surface area contributed by atoms with Gasteiger partial charge in [0, 0.05) is 12.4 Å². The SMILES string of the molecule is COc1ccc(B2OC(C)(C)C(C)(C)O2)nc1NS(=O)(=O)c1cccnc1. The molecule has 2 aromatic heterocycles. The van der Waals surface area contributed by atoms with Gasteiger partial charge in [0.25, 0.3) is 10.0 Å². The average Bonchev–Trinajstić information content (AvgIpc) is 2.83. The molecule has 0 bridgehead atoms. The Hall–Kier alpha value is -2.17. The van der Waals surface area contributed by atoms with E-state index in [1.54, 1.807) is 18.2 Å². The predicted octanol–water partition coefficient (Wildman–Crippen LogP) is 1.59. The molecule has 0 spiro atoms. The summed E-state index contributed by atoms with van der Waals surface area (Å²) in [6, 6.07) is 6.29. The molecule has 144 valence electrons. The molecule has 0 atom stereocenters. The van der Waals surface area contributed by atoms with Crippen LogP contribution in [0.4, 0.5) is 5.82 Å². The van der Waals surface area contributed by atoms with Crippen molar-refractivity contribution in [3.8, 4) is 5.75 Å². The van der Waals surface area contributed by atoms with Gasteiger partial charge in [-0.15, -0.1) is 0 Å². The summed E-state index contributed by atoms with van der Waals surface area (Å²) in [5.74, 6) is 0.330. The van der Waals surface area contributed by atoms with E-state index >= 15 is 0 Å². The van der Waals surface area contributed by atoms with Crippen molar-refractivity contribution in [2.24, 2.45) is 0 Å². The van der Waals surface area contributed by atoms with Crippen molar-refractivity contribution >= 4 is 28.6 Å². The van der Waals surface area contributed by atoms with Gasteiger partial charge in [-0.2, -0.15) is 0 Å². The van der Waals surface area contributed by atoms with E-state index in [9.17, 15) is 8.42 Å². The van der Waals surface area contributed by atoms with Gasteiger partial charge in [0.05, 0.1) is 23.9 Å². The van der Waals surface area contributed by atoms with Crippen LogP contribution in [0, 0.1) is 0 Å². The fraction of sp³-hybridized carbons (Fsp3) is 0.412. The zero-order valence-electron chi connectivity index (χ0n) is 15.9. The molecule has 10 heteroatoms. The van der Waals surface area contributed by atoms with Gasteiger partial charge in [0.1, 0.15) is 4.90 Å². The highest BCUT2D eigenvalue weighted by Crippen LogP contribution is 2.36. The van der Waals surface area contributed by atoms with Crippen LogP contribution in [0.2, 0.25) is 0 Å². The third-order valence-corrected chi connectivity index (χ3v) is 6.09. The molecule has 3 rings (SSSR count). The quantitative estimate of drug-likeness (QED) is 0.773. The molecule has 8 nitrogen and oxygen atoms in total. The van der Waals surface area contributed by atoms with Gasteiger partial charge >= 0.3 is 7.12 Å². The minimum atomic E-state index is -3.87. The third-order valence-electron chi connectivity index (χ3n) is 4.77. The van der Waals surface area contributed by atoms with E-state index in [1.807, 2.05) is 27.7 Å². The molecule has 0 aromatic carbocycles. The zero-order chi connectivity index (χ0) is 19.9. The largest absolute Gasteiger partial charge is 0.514 e. The highest BCUT2D eigenvalue weighted by molar-refractivity contribution is 7.92. The maximum Gasteiger partial charge on any atom is 0.514 e. The van der Waals surface area contributed by atoms with E-state index in [2.05, 4.69) is 14.7 Å². The average molecular weight is 391 g/mol. The summed E-state index contributed by atoms with van der Waals surface area (Å²) in [6.45, 7) is 7.73. The summed E-state index contributed by atoms with van der Waals surface area (Å²) < 4.78 is 44.8. The Balaban J connectivity index is 1.94. The van der Waals surface area contributed by atoms with Gasteiger partial charge in [0.15, 0.2) is 11.6 Å². The maximum atomic E-state index is 12.6. The van der Waals surface area contributed by atoms with Crippen LogP contribution in [0.1, 0.15) is 27.7 Å². The molecule has 0 aliphatic carbocycles. The fourth-order valence-corrected chi connectivity index (χ4v) is 3.46. The number of methoxy groups -OCH3 is 1. The molecule has 1 N–H and O–H groups in total. The Morgan fingerprint density at radius 1 is 1.11 bits per heavy atom. The number of nitrogens with zero attached hydrogens (tertiary/aromatic N) is 2. The first-order valence-corrected chi connectivity index (χ1v) is 9.87. The first-order valence-electron chi connectivity index (χ1n) is 8.39. The zero-order valence-corrected chi connectivity index (χ0v) is 16.7. The Morgan fingerprint density at radius 2 is 1.78 bits per heavy atom. The van der Waals surface area contributed by atoms with Gasteiger partial charge in [-0.25, -0.2) is 13.4 Å². The van der Waals surface area contributed by atoms with Crippen LogP contribution in [-0.2, 0) is 19.3 Å². The number of hydrogen-bond donors (Lipinski definition) is 1. The van der Waals surface area contributed by atoms with Crippen molar-refractivity contribution in [2.45, 2.75) is 43.8 Å². The van der Waals surface area contributed by atoms with E-state index < -0.39 is 28.3 Å². The summed E-state index contributed by atoms with van der Waals surface area (Å²) in [6.07, 6.45) is 2.75.